The van der Waals surface area contributed by atoms with Crippen LogP contribution in [0.1, 0.15) is 13.8 Å². The van der Waals surface area contributed by atoms with Crippen molar-refractivity contribution in [1.82, 2.24) is 4.90 Å². The Kier molecular flexibility index (Phi) is 2.32. The maximum absolute atomic E-state index is 2.44. The Bertz CT molecular complexity index is 155. The van der Waals surface area contributed by atoms with Crippen LogP contribution in [-0.4, -0.2) is 15.3 Å². The molecular formula is C6H10INS. The maximum atomic E-state index is 2.44. The van der Waals surface area contributed by atoms with Crippen LogP contribution in [0, 0.1) is 0 Å². The van der Waals surface area contributed by atoms with Crippen LogP contribution in [0.5, 0.6) is 0 Å². The lowest BCUT2D eigenvalue weighted by Gasteiger charge is -2.16. The third-order valence-corrected chi connectivity index (χ3v) is 4.38. The summed E-state index contributed by atoms with van der Waals surface area (Å²) in [5.74, 6) is 0. The molecule has 1 rings (SSSR count). The smallest absolute Gasteiger partial charge is 0.131 e. The van der Waals surface area contributed by atoms with E-state index in [-0.39, 0.29) is 0 Å². The van der Waals surface area contributed by atoms with Gasteiger partial charge in [-0.05, 0) is 36.4 Å². The van der Waals surface area contributed by atoms with Crippen molar-refractivity contribution < 1.29 is 0 Å². The minimum Gasteiger partial charge on any atom is -0.357 e. The third-order valence-electron chi connectivity index (χ3n) is 1.62. The minimum atomic E-state index is 0.614. The molecule has 0 spiro atoms. The first-order chi connectivity index (χ1) is 4.13. The fourth-order valence-electron chi connectivity index (χ4n) is 0.711. The van der Waals surface area contributed by atoms with E-state index in [0.29, 0.717) is 3.38 Å². The van der Waals surface area contributed by atoms with Crippen molar-refractivity contribution in [2.75, 3.05) is 7.05 Å². The minimum absolute atomic E-state index is 0.614. The Morgan fingerprint density at radius 3 is 2.22 bits per heavy atom. The lowest BCUT2D eigenvalue weighted by molar-refractivity contribution is 0.489. The van der Waals surface area contributed by atoms with Crippen molar-refractivity contribution in [3.05, 3.63) is 10.6 Å². The Labute approximate surface area is 74.0 Å². The van der Waals surface area contributed by atoms with Crippen LogP contribution in [0.3, 0.4) is 0 Å². The number of halogens is 1. The van der Waals surface area contributed by atoms with Gasteiger partial charge in [-0.2, -0.15) is 0 Å². The second kappa shape index (κ2) is 2.70. The standard InChI is InChI=1S/C6H10INS/c1-4-5(2)9-6(7)8(4)3/h6H,1-3H3. The van der Waals surface area contributed by atoms with E-state index in [0.717, 1.165) is 0 Å². The molecule has 9 heavy (non-hydrogen) atoms. The maximum Gasteiger partial charge on any atom is 0.131 e. The summed E-state index contributed by atoms with van der Waals surface area (Å²) in [4.78, 5) is 3.75. The van der Waals surface area contributed by atoms with Crippen LogP contribution in [0.25, 0.3) is 0 Å². The number of nitrogens with zero attached hydrogens (tertiary/aromatic N) is 1. The van der Waals surface area contributed by atoms with E-state index in [1.807, 2.05) is 11.8 Å². The molecule has 0 aromatic heterocycles. The monoisotopic (exact) mass is 255 g/mol. The van der Waals surface area contributed by atoms with E-state index in [4.69, 9.17) is 0 Å². The molecule has 1 aliphatic heterocycles. The van der Waals surface area contributed by atoms with Crippen LogP contribution < -0.4 is 0 Å². The van der Waals surface area contributed by atoms with Crippen molar-refractivity contribution in [1.29, 1.82) is 0 Å². The molecule has 1 nitrogen and oxygen atoms in total. The highest BCUT2D eigenvalue weighted by molar-refractivity contribution is 14.1. The van der Waals surface area contributed by atoms with Crippen molar-refractivity contribution in [3.63, 3.8) is 0 Å². The lowest BCUT2D eigenvalue weighted by Crippen LogP contribution is -2.16. The topological polar surface area (TPSA) is 3.24 Å². The first-order valence-corrected chi connectivity index (χ1v) is 4.96. The predicted octanol–water partition coefficient (Wildman–Crippen LogP) is 2.64. The third kappa shape index (κ3) is 1.37. The summed E-state index contributed by atoms with van der Waals surface area (Å²) < 4.78 is 0.614. The van der Waals surface area contributed by atoms with E-state index >= 15 is 0 Å². The number of hydrogen-bond donors (Lipinski definition) is 0. The van der Waals surface area contributed by atoms with Gasteiger partial charge in [0.25, 0.3) is 0 Å². The van der Waals surface area contributed by atoms with Gasteiger partial charge in [-0.25, -0.2) is 0 Å². The van der Waals surface area contributed by atoms with Crippen molar-refractivity contribution in [2.24, 2.45) is 0 Å². The number of allylic oxidation sites excluding steroid dienone is 2. The molecule has 0 amide bonds. The van der Waals surface area contributed by atoms with Crippen LogP contribution >= 0.6 is 34.4 Å². The summed E-state index contributed by atoms with van der Waals surface area (Å²) in [5, 5.41) is 0. The Hall–Kier alpha value is 0.620. The fourth-order valence-corrected chi connectivity index (χ4v) is 3.20. The summed E-state index contributed by atoms with van der Waals surface area (Å²) in [6.07, 6.45) is 0. The zero-order chi connectivity index (χ0) is 7.02. The fraction of sp³-hybridized carbons (Fsp3) is 0.667. The lowest BCUT2D eigenvalue weighted by atomic mass is 10.4. The molecule has 52 valence electrons. The molecule has 0 saturated heterocycles. The summed E-state index contributed by atoms with van der Waals surface area (Å²) in [7, 11) is 2.13. The number of rotatable bonds is 0. The number of alkyl halides is 1. The summed E-state index contributed by atoms with van der Waals surface area (Å²) in [6, 6.07) is 0. The van der Waals surface area contributed by atoms with Crippen LogP contribution in [0.4, 0.5) is 0 Å². The average Bonchev–Trinajstić information content (AvgIpc) is 1.98. The molecule has 0 aromatic carbocycles. The zero-order valence-corrected chi connectivity index (χ0v) is 8.78. The van der Waals surface area contributed by atoms with E-state index in [2.05, 4.69) is 48.4 Å². The zero-order valence-electron chi connectivity index (χ0n) is 5.81. The van der Waals surface area contributed by atoms with Crippen LogP contribution in [0.15, 0.2) is 10.6 Å². The van der Waals surface area contributed by atoms with E-state index in [1.54, 1.807) is 0 Å². The molecule has 1 aliphatic rings. The molecule has 0 N–H and O–H groups in total. The van der Waals surface area contributed by atoms with Gasteiger partial charge in [0, 0.05) is 17.6 Å². The quantitative estimate of drug-likeness (QED) is 0.372. The molecule has 1 heterocycles. The molecule has 0 bridgehead atoms. The molecule has 0 aliphatic carbocycles. The number of thioether (sulfide) groups is 1. The second-order valence-corrected chi connectivity index (χ2v) is 5.48. The van der Waals surface area contributed by atoms with Gasteiger partial charge < -0.3 is 4.90 Å². The van der Waals surface area contributed by atoms with E-state index < -0.39 is 0 Å². The van der Waals surface area contributed by atoms with Crippen molar-refractivity contribution in [3.8, 4) is 0 Å². The van der Waals surface area contributed by atoms with Crippen molar-refractivity contribution >= 4 is 34.4 Å². The first kappa shape index (κ1) is 7.72. The van der Waals surface area contributed by atoms with Crippen LogP contribution in [0.2, 0.25) is 0 Å². The second-order valence-electron chi connectivity index (χ2n) is 2.16. The van der Waals surface area contributed by atoms with Crippen molar-refractivity contribution in [2.45, 2.75) is 17.2 Å². The highest BCUT2D eigenvalue weighted by atomic mass is 127. The van der Waals surface area contributed by atoms with Gasteiger partial charge in [0.15, 0.2) is 0 Å². The Morgan fingerprint density at radius 1 is 1.56 bits per heavy atom. The highest BCUT2D eigenvalue weighted by Gasteiger charge is 2.21. The molecule has 0 fully saturated rings. The molecule has 0 aromatic rings. The summed E-state index contributed by atoms with van der Waals surface area (Å²) in [5.41, 5.74) is 1.42. The molecule has 1 unspecified atom stereocenters. The molecule has 1 atom stereocenters. The van der Waals surface area contributed by atoms with E-state index in [9.17, 15) is 0 Å². The van der Waals surface area contributed by atoms with Gasteiger partial charge in [0.05, 0.1) is 0 Å². The van der Waals surface area contributed by atoms with Gasteiger partial charge in [0.2, 0.25) is 0 Å². The largest absolute Gasteiger partial charge is 0.357 e. The molecule has 0 radical (unpaired) electrons. The molecule has 3 heteroatoms. The molecular weight excluding hydrogens is 245 g/mol. The summed E-state index contributed by atoms with van der Waals surface area (Å²) in [6.45, 7) is 4.34. The Morgan fingerprint density at radius 2 is 2.11 bits per heavy atom. The Balaban J connectivity index is 2.74. The first-order valence-electron chi connectivity index (χ1n) is 2.84. The normalized spacial score (nSPS) is 28.0. The predicted molar refractivity (Wildman–Crippen MR) is 51.5 cm³/mol. The van der Waals surface area contributed by atoms with Gasteiger partial charge in [-0.1, -0.05) is 11.8 Å². The highest BCUT2D eigenvalue weighted by Crippen LogP contribution is 2.39. The van der Waals surface area contributed by atoms with Gasteiger partial charge in [-0.15, -0.1) is 0 Å². The van der Waals surface area contributed by atoms with Gasteiger partial charge in [0.1, 0.15) is 3.38 Å². The van der Waals surface area contributed by atoms with Gasteiger partial charge in [-0.3, -0.25) is 0 Å². The number of hydrogen-bond acceptors (Lipinski definition) is 2. The molecule has 0 saturated carbocycles. The SMILES string of the molecule is CC1=C(C)N(C)C(I)S1. The summed E-state index contributed by atoms with van der Waals surface area (Å²) >= 11 is 4.36. The van der Waals surface area contributed by atoms with Crippen LogP contribution in [-0.2, 0) is 0 Å². The average molecular weight is 255 g/mol. The van der Waals surface area contributed by atoms with E-state index in [1.165, 1.54) is 10.6 Å². The van der Waals surface area contributed by atoms with Gasteiger partial charge >= 0.3 is 0 Å².